The second kappa shape index (κ2) is 5.42. The van der Waals surface area contributed by atoms with Gasteiger partial charge in [-0.05, 0) is 19.8 Å². The zero-order valence-electron chi connectivity index (χ0n) is 7.75. The number of piperidine rings is 1. The van der Waals surface area contributed by atoms with E-state index in [2.05, 4.69) is 0 Å². The second-order valence-corrected chi connectivity index (χ2v) is 3.14. The predicted octanol–water partition coefficient (Wildman–Crippen LogP) is -4.36. The molecule has 1 rings (SSSR count). The average Bonchev–Trinajstić information content (AvgIpc) is 2.06. The van der Waals surface area contributed by atoms with Gasteiger partial charge in [-0.1, -0.05) is 0 Å². The summed E-state index contributed by atoms with van der Waals surface area (Å²) in [5, 5.41) is 11.7. The van der Waals surface area contributed by atoms with Crippen molar-refractivity contribution < 1.29 is 32.4 Å². The van der Waals surface area contributed by atoms with Gasteiger partial charge < -0.3 is 27.6 Å². The molecule has 0 spiro atoms. The molecular weight excluding hydrogens is 194 g/mol. The highest BCUT2D eigenvalue weighted by Gasteiger charge is 2.41. The van der Waals surface area contributed by atoms with E-state index in [0.717, 1.165) is 13.0 Å². The molecule has 1 aliphatic heterocycles. The Morgan fingerprint density at radius 2 is 2.38 bits per heavy atom. The van der Waals surface area contributed by atoms with Crippen molar-refractivity contribution in [3.8, 4) is 0 Å². The highest BCUT2D eigenvalue weighted by atomic mass is 35.5. The number of aliphatic hydroxyl groups is 1. The molecular formula is C8H16ClNO3. The topological polar surface area (TPSA) is 63.1 Å². The number of carbonyl (C=O) groups excluding carboxylic acids is 1. The van der Waals surface area contributed by atoms with Crippen molar-refractivity contribution in [1.29, 1.82) is 0 Å². The van der Waals surface area contributed by atoms with E-state index >= 15 is 0 Å². The van der Waals surface area contributed by atoms with E-state index in [4.69, 9.17) is 4.74 Å². The Balaban J connectivity index is 0.00000144. The first kappa shape index (κ1) is 12.7. The van der Waals surface area contributed by atoms with Gasteiger partial charge in [-0.3, -0.25) is 0 Å². The standard InChI is InChI=1S/C8H15NO3.ClH/c1-2-12-7(10)8(11)4-3-5-9-6-8;/h9,11H,2-6H2,1H3;1H. The first-order chi connectivity index (χ1) is 5.69. The molecule has 1 atom stereocenters. The van der Waals surface area contributed by atoms with E-state index in [1.165, 1.54) is 0 Å². The van der Waals surface area contributed by atoms with Gasteiger partial charge in [0.1, 0.15) is 6.54 Å². The summed E-state index contributed by atoms with van der Waals surface area (Å²) >= 11 is 0. The van der Waals surface area contributed by atoms with Crippen LogP contribution < -0.4 is 17.7 Å². The van der Waals surface area contributed by atoms with Crippen LogP contribution in [0, 0.1) is 0 Å². The molecule has 1 saturated heterocycles. The fraction of sp³-hybridized carbons (Fsp3) is 0.875. The zero-order valence-corrected chi connectivity index (χ0v) is 8.51. The van der Waals surface area contributed by atoms with Gasteiger partial charge in [0, 0.05) is 0 Å². The predicted molar refractivity (Wildman–Crippen MR) is 42.5 cm³/mol. The third-order valence-electron chi connectivity index (χ3n) is 2.14. The normalized spacial score (nSPS) is 27.5. The number of rotatable bonds is 2. The zero-order chi connectivity index (χ0) is 9.03. The number of halogens is 1. The second-order valence-electron chi connectivity index (χ2n) is 3.14. The van der Waals surface area contributed by atoms with Crippen LogP contribution >= 0.6 is 0 Å². The molecule has 0 aromatic carbocycles. The number of quaternary nitrogens is 1. The summed E-state index contributed by atoms with van der Waals surface area (Å²) < 4.78 is 4.78. The molecule has 1 aliphatic rings. The molecule has 0 radical (unpaired) electrons. The van der Waals surface area contributed by atoms with Crippen LogP contribution in [0.4, 0.5) is 0 Å². The van der Waals surface area contributed by atoms with Crippen LogP contribution in [0.3, 0.4) is 0 Å². The third kappa shape index (κ3) is 3.14. The molecule has 1 fully saturated rings. The van der Waals surface area contributed by atoms with Crippen molar-refractivity contribution in [1.82, 2.24) is 0 Å². The molecule has 0 saturated carbocycles. The van der Waals surface area contributed by atoms with Gasteiger partial charge in [0.2, 0.25) is 5.60 Å². The van der Waals surface area contributed by atoms with E-state index in [9.17, 15) is 9.90 Å². The quantitative estimate of drug-likeness (QED) is 0.452. The van der Waals surface area contributed by atoms with Gasteiger partial charge in [-0.2, -0.15) is 0 Å². The smallest absolute Gasteiger partial charge is 0.344 e. The summed E-state index contributed by atoms with van der Waals surface area (Å²) in [5.74, 6) is -0.471. The number of carbonyl (C=O) groups is 1. The maximum atomic E-state index is 11.2. The molecule has 0 aromatic heterocycles. The molecule has 0 amide bonds. The highest BCUT2D eigenvalue weighted by Crippen LogP contribution is 2.14. The van der Waals surface area contributed by atoms with E-state index in [-0.39, 0.29) is 12.4 Å². The van der Waals surface area contributed by atoms with Crippen LogP contribution in [-0.4, -0.2) is 36.4 Å². The van der Waals surface area contributed by atoms with Gasteiger partial charge in [0.25, 0.3) is 0 Å². The summed E-state index contributed by atoms with van der Waals surface area (Å²) in [6, 6.07) is 0. The van der Waals surface area contributed by atoms with E-state index in [1.807, 2.05) is 5.32 Å². The Morgan fingerprint density at radius 3 is 2.85 bits per heavy atom. The number of esters is 1. The molecule has 0 aliphatic carbocycles. The number of ether oxygens (including phenoxy) is 1. The lowest BCUT2D eigenvalue weighted by molar-refractivity contribution is -0.674. The maximum Gasteiger partial charge on any atom is 0.344 e. The Hall–Kier alpha value is -0.320. The van der Waals surface area contributed by atoms with Crippen LogP contribution in [0.5, 0.6) is 0 Å². The van der Waals surface area contributed by atoms with Crippen molar-refractivity contribution in [2.24, 2.45) is 0 Å². The van der Waals surface area contributed by atoms with E-state index in [1.54, 1.807) is 6.92 Å². The number of hydrogen-bond donors (Lipinski definition) is 2. The van der Waals surface area contributed by atoms with Crippen LogP contribution in [0.15, 0.2) is 0 Å². The van der Waals surface area contributed by atoms with Gasteiger partial charge in [0.15, 0.2) is 0 Å². The summed E-state index contributed by atoms with van der Waals surface area (Å²) in [6.07, 6.45) is 1.40. The Labute approximate surface area is 84.1 Å². The van der Waals surface area contributed by atoms with Crippen molar-refractivity contribution in [3.63, 3.8) is 0 Å². The Kier molecular flexibility index (Phi) is 5.29. The SMILES string of the molecule is CCOC(=O)C1(O)CCC[NH2+]C1.[Cl-]. The summed E-state index contributed by atoms with van der Waals surface area (Å²) in [6.45, 7) is 3.50. The Bertz CT molecular complexity index is 169. The Morgan fingerprint density at radius 1 is 1.69 bits per heavy atom. The minimum atomic E-state index is -1.23. The minimum absolute atomic E-state index is 0. The fourth-order valence-electron chi connectivity index (χ4n) is 1.43. The molecule has 1 unspecified atom stereocenters. The molecule has 4 nitrogen and oxygen atoms in total. The third-order valence-corrected chi connectivity index (χ3v) is 2.14. The largest absolute Gasteiger partial charge is 1.00 e. The van der Waals surface area contributed by atoms with Crippen LogP contribution in [0.2, 0.25) is 0 Å². The van der Waals surface area contributed by atoms with Crippen molar-refractivity contribution in [2.45, 2.75) is 25.4 Å². The first-order valence-corrected chi connectivity index (χ1v) is 4.40. The van der Waals surface area contributed by atoms with Gasteiger partial charge in [0.05, 0.1) is 13.2 Å². The first-order valence-electron chi connectivity index (χ1n) is 4.40. The lowest BCUT2D eigenvalue weighted by Crippen LogP contribution is -3.00. The molecule has 5 heteroatoms. The lowest BCUT2D eigenvalue weighted by atomic mass is 9.94. The van der Waals surface area contributed by atoms with Crippen LogP contribution in [0.25, 0.3) is 0 Å². The van der Waals surface area contributed by atoms with E-state index in [0.29, 0.717) is 19.6 Å². The number of hydrogen-bond acceptors (Lipinski definition) is 3. The molecule has 0 aromatic rings. The lowest BCUT2D eigenvalue weighted by Gasteiger charge is -2.27. The van der Waals surface area contributed by atoms with Gasteiger partial charge in [-0.15, -0.1) is 0 Å². The van der Waals surface area contributed by atoms with Crippen molar-refractivity contribution in [3.05, 3.63) is 0 Å². The molecule has 0 bridgehead atoms. The number of nitrogens with two attached hydrogens (primary N) is 1. The maximum absolute atomic E-state index is 11.2. The molecule has 13 heavy (non-hydrogen) atoms. The van der Waals surface area contributed by atoms with Crippen molar-refractivity contribution >= 4 is 5.97 Å². The van der Waals surface area contributed by atoms with Crippen LogP contribution in [-0.2, 0) is 9.53 Å². The summed E-state index contributed by atoms with van der Waals surface area (Å²) in [5.41, 5.74) is -1.23. The van der Waals surface area contributed by atoms with E-state index < -0.39 is 11.6 Å². The van der Waals surface area contributed by atoms with Crippen molar-refractivity contribution in [2.75, 3.05) is 19.7 Å². The summed E-state index contributed by atoms with van der Waals surface area (Å²) in [4.78, 5) is 11.2. The summed E-state index contributed by atoms with van der Waals surface area (Å²) in [7, 11) is 0. The molecule has 3 N–H and O–H groups in total. The fourth-order valence-corrected chi connectivity index (χ4v) is 1.43. The monoisotopic (exact) mass is 209 g/mol. The molecule has 1 heterocycles. The van der Waals surface area contributed by atoms with Crippen LogP contribution in [0.1, 0.15) is 19.8 Å². The van der Waals surface area contributed by atoms with Gasteiger partial charge in [-0.25, -0.2) is 4.79 Å². The highest BCUT2D eigenvalue weighted by molar-refractivity contribution is 5.79. The average molecular weight is 210 g/mol. The molecule has 78 valence electrons. The van der Waals surface area contributed by atoms with Gasteiger partial charge >= 0.3 is 5.97 Å². The minimum Gasteiger partial charge on any atom is -1.00 e.